The molecule has 0 bridgehead atoms. The lowest BCUT2D eigenvalue weighted by Crippen LogP contribution is -2.31. The van der Waals surface area contributed by atoms with E-state index in [0.29, 0.717) is 41.9 Å². The molecule has 1 aliphatic rings. The molecule has 3 aromatic rings. The number of hydrogen-bond donors (Lipinski definition) is 2. The maximum Gasteiger partial charge on any atom is 0.355 e. The topological polar surface area (TPSA) is 118 Å². The van der Waals surface area contributed by atoms with E-state index in [9.17, 15) is 19.5 Å². The Morgan fingerprint density at radius 2 is 1.92 bits per heavy atom. The first-order valence-corrected chi connectivity index (χ1v) is 12.4. The molecular formula is C26H27BrN4O5. The van der Waals surface area contributed by atoms with Crippen molar-refractivity contribution in [2.45, 2.75) is 39.8 Å². The Labute approximate surface area is 216 Å². The van der Waals surface area contributed by atoms with E-state index < -0.39 is 23.7 Å². The number of benzene rings is 1. The summed E-state index contributed by atoms with van der Waals surface area (Å²) in [6.45, 7) is 6.19. The molecule has 0 aliphatic carbocycles. The number of esters is 1. The predicted octanol–water partition coefficient (Wildman–Crippen LogP) is 4.28. The number of rotatable bonds is 8. The molecule has 36 heavy (non-hydrogen) atoms. The van der Waals surface area contributed by atoms with E-state index in [-0.39, 0.29) is 23.6 Å². The summed E-state index contributed by atoms with van der Waals surface area (Å²) in [6, 6.07) is 6.51. The second-order valence-corrected chi connectivity index (χ2v) is 9.46. The molecule has 2 N–H and O–H groups in total. The number of aliphatic hydroxyl groups is 1. The van der Waals surface area contributed by atoms with Crippen molar-refractivity contribution in [3.05, 3.63) is 81.1 Å². The minimum atomic E-state index is -0.777. The third-order valence-corrected chi connectivity index (χ3v) is 6.78. The second kappa shape index (κ2) is 10.5. The van der Waals surface area contributed by atoms with Crippen LogP contribution < -0.4 is 0 Å². The van der Waals surface area contributed by atoms with Gasteiger partial charge in [-0.3, -0.25) is 9.59 Å². The summed E-state index contributed by atoms with van der Waals surface area (Å²) >= 11 is 3.42. The molecule has 3 heterocycles. The number of aromatic amines is 1. The number of imidazole rings is 1. The number of carbonyl (C=O) groups is 3. The lowest BCUT2D eigenvalue weighted by molar-refractivity contribution is -0.139. The largest absolute Gasteiger partial charge is 0.507 e. The average molecular weight is 555 g/mol. The summed E-state index contributed by atoms with van der Waals surface area (Å²) in [4.78, 5) is 47.4. The smallest absolute Gasteiger partial charge is 0.355 e. The van der Waals surface area contributed by atoms with Crippen LogP contribution >= 0.6 is 15.9 Å². The van der Waals surface area contributed by atoms with Crippen molar-refractivity contribution in [3.8, 4) is 0 Å². The number of aliphatic hydroxyl groups excluding tert-OH is 1. The van der Waals surface area contributed by atoms with Gasteiger partial charge in [-0.05, 0) is 50.5 Å². The highest BCUT2D eigenvalue weighted by Gasteiger charge is 2.46. The first kappa shape index (κ1) is 25.4. The van der Waals surface area contributed by atoms with Gasteiger partial charge in [0.05, 0.1) is 24.5 Å². The van der Waals surface area contributed by atoms with Crippen LogP contribution in [0.3, 0.4) is 0 Å². The fourth-order valence-corrected chi connectivity index (χ4v) is 4.86. The van der Waals surface area contributed by atoms with Gasteiger partial charge in [0, 0.05) is 41.2 Å². The molecular weight excluding hydrogens is 528 g/mol. The number of carbonyl (C=O) groups excluding carboxylic acids is 3. The number of likely N-dealkylation sites (tertiary alicyclic amines) is 1. The maximum absolute atomic E-state index is 13.3. The molecule has 1 saturated heterocycles. The fourth-order valence-electron chi connectivity index (χ4n) is 4.59. The Hall–Kier alpha value is -3.66. The van der Waals surface area contributed by atoms with E-state index >= 15 is 0 Å². The van der Waals surface area contributed by atoms with Gasteiger partial charge in [0.2, 0.25) is 0 Å². The van der Waals surface area contributed by atoms with Crippen LogP contribution in [0.5, 0.6) is 0 Å². The number of hydrogen-bond acceptors (Lipinski definition) is 6. The van der Waals surface area contributed by atoms with E-state index in [0.717, 1.165) is 4.47 Å². The van der Waals surface area contributed by atoms with E-state index in [1.165, 1.54) is 4.90 Å². The van der Waals surface area contributed by atoms with Crippen molar-refractivity contribution >= 4 is 39.3 Å². The molecule has 4 rings (SSSR count). The van der Waals surface area contributed by atoms with Crippen molar-refractivity contribution in [2.24, 2.45) is 0 Å². The van der Waals surface area contributed by atoms with Gasteiger partial charge >= 0.3 is 5.97 Å². The maximum atomic E-state index is 13.3. The lowest BCUT2D eigenvalue weighted by Gasteiger charge is -2.25. The Bertz CT molecular complexity index is 1330. The number of nitrogens with zero attached hydrogens (tertiary/aromatic N) is 3. The molecule has 0 radical (unpaired) electrons. The molecule has 1 amide bonds. The third kappa shape index (κ3) is 4.73. The van der Waals surface area contributed by atoms with Crippen molar-refractivity contribution in [3.63, 3.8) is 0 Å². The van der Waals surface area contributed by atoms with Crippen LogP contribution in [0.1, 0.15) is 52.3 Å². The standard InChI is InChI=1S/C26H27BrN4O5/c1-4-36-26(35)21-15(2)19(16(3)29-21)23(32)20-22(17-6-8-18(27)9-7-17)31(25(34)24(20)33)12-5-11-30-13-10-28-14-30/h6-10,13-14,22,29,32H,4-5,11-12H2,1-3H3/b23-20+/t22-/m1/s1. The summed E-state index contributed by atoms with van der Waals surface area (Å²) in [7, 11) is 0. The molecule has 10 heteroatoms. The highest BCUT2D eigenvalue weighted by molar-refractivity contribution is 9.10. The van der Waals surface area contributed by atoms with Crippen LogP contribution in [0, 0.1) is 13.8 Å². The van der Waals surface area contributed by atoms with E-state index in [1.54, 1.807) is 33.3 Å². The van der Waals surface area contributed by atoms with Crippen LogP contribution in [-0.4, -0.2) is 55.4 Å². The molecule has 0 unspecified atom stereocenters. The first-order chi connectivity index (χ1) is 17.2. The summed E-state index contributed by atoms with van der Waals surface area (Å²) < 4.78 is 7.85. The van der Waals surface area contributed by atoms with Crippen LogP contribution in [0.4, 0.5) is 0 Å². The van der Waals surface area contributed by atoms with Gasteiger partial charge in [-0.1, -0.05) is 28.1 Å². The Morgan fingerprint density at radius 1 is 1.19 bits per heavy atom. The van der Waals surface area contributed by atoms with Crippen LogP contribution in [0.2, 0.25) is 0 Å². The van der Waals surface area contributed by atoms with Gasteiger partial charge in [-0.15, -0.1) is 0 Å². The quantitative estimate of drug-likeness (QED) is 0.186. The Balaban J connectivity index is 1.78. The van der Waals surface area contributed by atoms with Gasteiger partial charge in [0.15, 0.2) is 0 Å². The van der Waals surface area contributed by atoms with Crippen molar-refractivity contribution in [1.29, 1.82) is 0 Å². The number of halogens is 1. The van der Waals surface area contributed by atoms with Crippen molar-refractivity contribution in [2.75, 3.05) is 13.2 Å². The second-order valence-electron chi connectivity index (χ2n) is 8.54. The van der Waals surface area contributed by atoms with Gasteiger partial charge in [-0.25, -0.2) is 9.78 Å². The number of aromatic nitrogens is 3. The Kier molecular flexibility index (Phi) is 7.44. The van der Waals surface area contributed by atoms with Crippen molar-refractivity contribution in [1.82, 2.24) is 19.4 Å². The van der Waals surface area contributed by atoms with Crippen LogP contribution in [0.25, 0.3) is 5.76 Å². The zero-order valence-electron chi connectivity index (χ0n) is 20.2. The van der Waals surface area contributed by atoms with Gasteiger partial charge in [0.25, 0.3) is 11.7 Å². The number of nitrogens with one attached hydrogen (secondary N) is 1. The monoisotopic (exact) mass is 554 g/mol. The van der Waals surface area contributed by atoms with Gasteiger partial charge < -0.3 is 24.3 Å². The summed E-state index contributed by atoms with van der Waals surface area (Å²) in [5.74, 6) is -2.31. The number of ketones is 1. The zero-order valence-corrected chi connectivity index (χ0v) is 21.8. The van der Waals surface area contributed by atoms with Gasteiger partial charge in [0.1, 0.15) is 11.5 Å². The molecule has 1 atom stereocenters. The minimum absolute atomic E-state index is 0.00874. The van der Waals surface area contributed by atoms with E-state index in [4.69, 9.17) is 4.74 Å². The first-order valence-electron chi connectivity index (χ1n) is 11.6. The lowest BCUT2D eigenvalue weighted by atomic mass is 9.94. The molecule has 1 aromatic carbocycles. The number of ether oxygens (including phenoxy) is 1. The predicted molar refractivity (Wildman–Crippen MR) is 136 cm³/mol. The summed E-state index contributed by atoms with van der Waals surface area (Å²) in [5.41, 5.74) is 2.14. The molecule has 188 valence electrons. The SMILES string of the molecule is CCOC(=O)c1[nH]c(C)c(/C(O)=C2\C(=O)C(=O)N(CCCn3ccnc3)[C@@H]2c2ccc(Br)cc2)c1C. The highest BCUT2D eigenvalue weighted by atomic mass is 79.9. The average Bonchev–Trinajstić information content (AvgIpc) is 3.53. The minimum Gasteiger partial charge on any atom is -0.507 e. The van der Waals surface area contributed by atoms with Crippen LogP contribution in [-0.2, 0) is 20.9 Å². The molecule has 9 nitrogen and oxygen atoms in total. The molecule has 0 spiro atoms. The normalized spacial score (nSPS) is 17.1. The highest BCUT2D eigenvalue weighted by Crippen LogP contribution is 2.41. The van der Waals surface area contributed by atoms with E-state index in [1.807, 2.05) is 35.0 Å². The zero-order chi connectivity index (χ0) is 26.0. The number of aryl methyl sites for hydroxylation is 2. The molecule has 1 aliphatic heterocycles. The number of Topliss-reactive ketones (excluding diaryl/α,β-unsaturated/α-hetero) is 1. The Morgan fingerprint density at radius 3 is 2.56 bits per heavy atom. The molecule has 2 aromatic heterocycles. The fraction of sp³-hybridized carbons (Fsp3) is 0.308. The van der Waals surface area contributed by atoms with Gasteiger partial charge in [-0.2, -0.15) is 0 Å². The molecule has 1 fully saturated rings. The van der Waals surface area contributed by atoms with E-state index in [2.05, 4.69) is 25.9 Å². The van der Waals surface area contributed by atoms with Crippen molar-refractivity contribution < 1.29 is 24.2 Å². The molecule has 0 saturated carbocycles. The summed E-state index contributed by atoms with van der Waals surface area (Å²) in [6.07, 6.45) is 5.80. The third-order valence-electron chi connectivity index (χ3n) is 6.25. The van der Waals surface area contributed by atoms with Crippen LogP contribution in [0.15, 0.2) is 53.0 Å². The number of amides is 1. The number of H-pyrrole nitrogens is 1. The summed E-state index contributed by atoms with van der Waals surface area (Å²) in [5, 5.41) is 11.5.